The second kappa shape index (κ2) is 7.70. The number of aromatic nitrogens is 4. The maximum absolute atomic E-state index is 7.32. The molecule has 0 fully saturated rings. The molecule has 146 valence electrons. The molecule has 2 rings (SSSR count). The minimum absolute atomic E-state index is 0.308. The third kappa shape index (κ3) is 3.84. The molecule has 0 atom stereocenters. The van der Waals surface area contributed by atoms with Gasteiger partial charge in [-0.05, 0) is 0 Å². The Morgan fingerprint density at radius 1 is 0.560 bits per heavy atom. The van der Waals surface area contributed by atoms with Crippen molar-refractivity contribution in [2.45, 2.75) is 79.6 Å². The van der Waals surface area contributed by atoms with Gasteiger partial charge in [0.05, 0.1) is 0 Å². The fourth-order valence-corrected chi connectivity index (χ4v) is 11.0. The summed E-state index contributed by atoms with van der Waals surface area (Å²) >= 11 is -3.39. The topological polar surface area (TPSA) is 19.7 Å². The Kier molecular flexibility index (Phi) is 6.45. The molecule has 4 nitrogen and oxygen atoms in total. The molecule has 0 aromatic carbocycles. The summed E-state index contributed by atoms with van der Waals surface area (Å²) in [6, 6.07) is 1.23. The molecule has 0 aliphatic rings. The number of hydrogen-bond acceptors (Lipinski definition) is 0. The van der Waals surface area contributed by atoms with Crippen molar-refractivity contribution in [3.05, 3.63) is 32.8 Å². The summed E-state index contributed by atoms with van der Waals surface area (Å²) in [4.78, 5) is 0. The zero-order chi connectivity index (χ0) is 19.1. The Morgan fingerprint density at radius 3 is 0.920 bits per heavy atom. The molecule has 25 heavy (non-hydrogen) atoms. The fraction of sp³-hybridized carbons (Fsp3) is 0.667. The Balaban J connectivity index is 3.32. The molecule has 7 heteroatoms. The van der Waals surface area contributed by atoms with Gasteiger partial charge in [0.1, 0.15) is 0 Å². The predicted octanol–water partition coefficient (Wildman–Crippen LogP) is 6.44. The molecule has 2 aromatic rings. The number of rotatable bonds is 4. The monoisotopic (exact) mass is 476 g/mol. The normalized spacial score (nSPS) is 13.7. The summed E-state index contributed by atoms with van der Waals surface area (Å²) in [7, 11) is 14.6. The first kappa shape index (κ1) is 20.9. The second-order valence-electron chi connectivity index (χ2n) is 7.52. The van der Waals surface area contributed by atoms with Crippen LogP contribution in [0.3, 0.4) is 0 Å². The molecule has 0 radical (unpaired) electrons. The van der Waals surface area contributed by atoms with Crippen molar-refractivity contribution in [1.82, 2.24) is 18.3 Å². The van der Waals surface area contributed by atoms with Crippen molar-refractivity contribution >= 4 is 19.4 Å². The summed E-state index contributed by atoms with van der Waals surface area (Å²) in [6.07, 6.45) is 8.46. The van der Waals surface area contributed by atoms with E-state index in [0.717, 1.165) is 8.03 Å². The molecule has 2 heterocycles. The molecular formula is C18H32Cl2N4Ru. The zero-order valence-corrected chi connectivity index (χ0v) is 19.8. The SMILES string of the molecule is CC(C)n1ccn(C(C)C)[c]1=[Ru]([Cl])([Cl])=[c]1n(C(C)C)ccn1C(C)C. The molecule has 0 saturated carbocycles. The van der Waals surface area contributed by atoms with E-state index in [1.165, 1.54) is 0 Å². The van der Waals surface area contributed by atoms with Crippen LogP contribution in [-0.4, -0.2) is 18.3 Å². The van der Waals surface area contributed by atoms with Crippen LogP contribution < -0.4 is 0 Å². The maximum atomic E-state index is 7.32. The number of imidazole rings is 2. The molecule has 0 saturated heterocycles. The summed E-state index contributed by atoms with van der Waals surface area (Å²) in [6.45, 7) is 17.4. The van der Waals surface area contributed by atoms with E-state index in [9.17, 15) is 0 Å². The third-order valence-electron chi connectivity index (χ3n) is 4.23. The molecule has 0 aliphatic carbocycles. The number of nitrogens with zero attached hydrogens (tertiary/aromatic N) is 4. The third-order valence-corrected chi connectivity index (χ3v) is 10.8. The predicted molar refractivity (Wildman–Crippen MR) is 105 cm³/mol. The molecule has 0 amide bonds. The van der Waals surface area contributed by atoms with Crippen molar-refractivity contribution in [2.75, 3.05) is 0 Å². The zero-order valence-electron chi connectivity index (χ0n) is 16.5. The van der Waals surface area contributed by atoms with Gasteiger partial charge in [0.2, 0.25) is 0 Å². The van der Waals surface area contributed by atoms with Crippen molar-refractivity contribution in [3.8, 4) is 0 Å². The van der Waals surface area contributed by atoms with Crippen LogP contribution in [0.5, 0.6) is 0 Å². The Hall–Kier alpha value is -0.377. The van der Waals surface area contributed by atoms with Crippen LogP contribution in [-0.2, 0) is 11.9 Å². The van der Waals surface area contributed by atoms with Crippen LogP contribution in [0.15, 0.2) is 24.8 Å². The van der Waals surface area contributed by atoms with Gasteiger partial charge in [0.15, 0.2) is 0 Å². The van der Waals surface area contributed by atoms with E-state index in [2.05, 4.69) is 98.4 Å². The number of halogens is 2. The standard InChI is InChI=1S/2C9H16N2.2ClH.Ru/c2*1-8(2)10-5-6-11(7-10)9(3)4;;;/h2*5-6,8-9H,1-4H3;2*1H;/q;;;;+2/p-2. The van der Waals surface area contributed by atoms with Crippen molar-refractivity contribution in [3.63, 3.8) is 0 Å². The minimum atomic E-state index is -3.39. The van der Waals surface area contributed by atoms with E-state index in [1.807, 2.05) is 0 Å². The average Bonchev–Trinajstić information content (AvgIpc) is 3.12. The Labute approximate surface area is 161 Å². The van der Waals surface area contributed by atoms with Crippen LogP contribution in [0.25, 0.3) is 0 Å². The first-order valence-electron chi connectivity index (χ1n) is 8.87. The Bertz CT molecular complexity index is 792. The van der Waals surface area contributed by atoms with E-state index < -0.39 is 11.9 Å². The quantitative estimate of drug-likeness (QED) is 0.453. The van der Waals surface area contributed by atoms with Gasteiger partial charge < -0.3 is 0 Å². The van der Waals surface area contributed by atoms with Gasteiger partial charge in [-0.3, -0.25) is 0 Å². The van der Waals surface area contributed by atoms with E-state index in [1.54, 1.807) is 0 Å². The van der Waals surface area contributed by atoms with Crippen LogP contribution in [0.2, 0.25) is 0 Å². The van der Waals surface area contributed by atoms with Gasteiger partial charge >= 0.3 is 162 Å². The van der Waals surface area contributed by atoms with Crippen molar-refractivity contribution in [1.29, 1.82) is 0 Å². The summed E-state index contributed by atoms with van der Waals surface area (Å²) in [5, 5.41) is 0. The molecule has 0 unspecified atom stereocenters. The molecule has 0 N–H and O–H groups in total. The van der Waals surface area contributed by atoms with Gasteiger partial charge in [0.25, 0.3) is 0 Å². The van der Waals surface area contributed by atoms with E-state index in [-0.39, 0.29) is 0 Å². The molecule has 0 aliphatic heterocycles. The van der Waals surface area contributed by atoms with Gasteiger partial charge in [0, 0.05) is 0 Å². The molecular weight excluding hydrogens is 444 g/mol. The number of hydrogen-bond donors (Lipinski definition) is 0. The van der Waals surface area contributed by atoms with E-state index in [4.69, 9.17) is 19.4 Å². The molecule has 0 spiro atoms. The van der Waals surface area contributed by atoms with Crippen molar-refractivity contribution < 1.29 is 11.9 Å². The summed E-state index contributed by atoms with van der Waals surface area (Å²) in [5.41, 5.74) is 0. The second-order valence-corrected chi connectivity index (χ2v) is 16.6. The molecule has 2 aromatic heterocycles. The van der Waals surface area contributed by atoms with Crippen LogP contribution in [0.1, 0.15) is 79.6 Å². The van der Waals surface area contributed by atoms with Crippen molar-refractivity contribution in [2.24, 2.45) is 0 Å². The van der Waals surface area contributed by atoms with Gasteiger partial charge in [-0.2, -0.15) is 0 Å². The summed E-state index contributed by atoms with van der Waals surface area (Å²) < 4.78 is 11.1. The van der Waals surface area contributed by atoms with Gasteiger partial charge in [-0.15, -0.1) is 0 Å². The Morgan fingerprint density at radius 2 is 0.760 bits per heavy atom. The average molecular weight is 476 g/mol. The van der Waals surface area contributed by atoms with Crippen LogP contribution in [0.4, 0.5) is 0 Å². The van der Waals surface area contributed by atoms with Gasteiger partial charge in [-0.1, -0.05) is 0 Å². The summed E-state index contributed by atoms with van der Waals surface area (Å²) in [5.74, 6) is 0. The molecule has 0 bridgehead atoms. The fourth-order valence-electron chi connectivity index (χ4n) is 2.84. The van der Waals surface area contributed by atoms with Gasteiger partial charge in [-0.25, -0.2) is 0 Å². The first-order valence-corrected chi connectivity index (χ1v) is 15.1. The van der Waals surface area contributed by atoms with Crippen LogP contribution >= 0.6 is 19.4 Å². The first-order chi connectivity index (χ1) is 11.5. The van der Waals surface area contributed by atoms with Crippen LogP contribution in [0, 0.1) is 8.03 Å². The van der Waals surface area contributed by atoms with E-state index >= 15 is 0 Å². The van der Waals surface area contributed by atoms with E-state index in [0.29, 0.717) is 24.2 Å².